The van der Waals surface area contributed by atoms with Gasteiger partial charge in [-0.05, 0) is 56.3 Å². The molecule has 1 aliphatic carbocycles. The molecular formula is C19H27N3O2. The molecule has 2 aliphatic rings. The van der Waals surface area contributed by atoms with Gasteiger partial charge >= 0.3 is 0 Å². The highest BCUT2D eigenvalue weighted by atomic mass is 16.2. The molecule has 1 saturated heterocycles. The topological polar surface area (TPSA) is 61.4 Å². The molecule has 0 aromatic heterocycles. The molecule has 0 radical (unpaired) electrons. The highest BCUT2D eigenvalue weighted by Gasteiger charge is 2.37. The number of carbonyl (C=O) groups excluding carboxylic acids is 2. The van der Waals surface area contributed by atoms with Crippen molar-refractivity contribution in [2.75, 3.05) is 25.0 Å². The second-order valence-corrected chi connectivity index (χ2v) is 6.89. The van der Waals surface area contributed by atoms with Gasteiger partial charge in [0.2, 0.25) is 12.3 Å². The molecule has 5 nitrogen and oxygen atoms in total. The molecule has 2 fully saturated rings. The minimum absolute atomic E-state index is 0.191. The van der Waals surface area contributed by atoms with E-state index in [4.69, 9.17) is 0 Å². The van der Waals surface area contributed by atoms with E-state index in [1.54, 1.807) is 0 Å². The number of carbonyl (C=O) groups is 2. The van der Waals surface area contributed by atoms with E-state index in [0.717, 1.165) is 56.6 Å². The van der Waals surface area contributed by atoms with Crippen molar-refractivity contribution in [3.8, 4) is 0 Å². The lowest BCUT2D eigenvalue weighted by Crippen LogP contribution is -2.40. The lowest BCUT2D eigenvalue weighted by Gasteiger charge is -2.30. The first-order valence-corrected chi connectivity index (χ1v) is 9.04. The maximum Gasteiger partial charge on any atom is 0.230 e. The van der Waals surface area contributed by atoms with E-state index in [0.29, 0.717) is 18.4 Å². The van der Waals surface area contributed by atoms with E-state index in [9.17, 15) is 9.59 Å². The second-order valence-electron chi connectivity index (χ2n) is 6.89. The van der Waals surface area contributed by atoms with Crippen LogP contribution in [0.2, 0.25) is 0 Å². The van der Waals surface area contributed by atoms with Crippen LogP contribution in [0.15, 0.2) is 24.3 Å². The zero-order chi connectivity index (χ0) is 16.9. The van der Waals surface area contributed by atoms with Crippen molar-refractivity contribution in [1.82, 2.24) is 10.2 Å². The number of anilines is 1. The third kappa shape index (κ3) is 3.78. The minimum Gasteiger partial charge on any atom is -0.339 e. The molecule has 1 saturated carbocycles. The highest BCUT2D eigenvalue weighted by molar-refractivity contribution is 5.87. The number of hydrogen-bond acceptors (Lipinski definition) is 3. The third-order valence-electron chi connectivity index (χ3n) is 5.14. The molecule has 1 aromatic rings. The summed E-state index contributed by atoms with van der Waals surface area (Å²) in [6.45, 7) is 4.97. The molecule has 2 N–H and O–H groups in total. The van der Waals surface area contributed by atoms with Gasteiger partial charge in [-0.15, -0.1) is 0 Å². The largest absolute Gasteiger partial charge is 0.339 e. The van der Waals surface area contributed by atoms with Crippen molar-refractivity contribution in [1.29, 1.82) is 0 Å². The van der Waals surface area contributed by atoms with E-state index in [2.05, 4.69) is 15.5 Å². The monoisotopic (exact) mass is 329 g/mol. The normalized spacial score (nSPS) is 21.3. The predicted molar refractivity (Wildman–Crippen MR) is 94.9 cm³/mol. The van der Waals surface area contributed by atoms with Crippen molar-refractivity contribution >= 4 is 18.0 Å². The van der Waals surface area contributed by atoms with Crippen LogP contribution < -0.4 is 10.6 Å². The van der Waals surface area contributed by atoms with Gasteiger partial charge in [0.1, 0.15) is 0 Å². The third-order valence-corrected chi connectivity index (χ3v) is 5.14. The van der Waals surface area contributed by atoms with E-state index in [1.165, 1.54) is 0 Å². The van der Waals surface area contributed by atoms with Gasteiger partial charge in [0.05, 0.1) is 5.92 Å². The van der Waals surface area contributed by atoms with Gasteiger partial charge in [-0.2, -0.15) is 0 Å². The van der Waals surface area contributed by atoms with Gasteiger partial charge in [0, 0.05) is 18.3 Å². The van der Waals surface area contributed by atoms with Crippen molar-refractivity contribution in [3.63, 3.8) is 0 Å². The summed E-state index contributed by atoms with van der Waals surface area (Å²) < 4.78 is 0. The molecular weight excluding hydrogens is 302 g/mol. The standard InChI is InChI=1S/C19H27N3O2/c1-2-16(17-5-3-4-6-18(17)21-13-23)19(24)22(15-7-8-15)12-14-9-10-20-11-14/h3-6,13-16,20H,2,7-12H2,1H3,(H,21,23). The Kier molecular flexibility index (Phi) is 5.51. The molecule has 2 unspecified atom stereocenters. The lowest BCUT2D eigenvalue weighted by molar-refractivity contribution is -0.134. The molecule has 1 aromatic carbocycles. The molecule has 5 heteroatoms. The van der Waals surface area contributed by atoms with Gasteiger partial charge in [0.25, 0.3) is 0 Å². The Morgan fingerprint density at radius 1 is 1.38 bits per heavy atom. The molecule has 24 heavy (non-hydrogen) atoms. The van der Waals surface area contributed by atoms with Crippen LogP contribution in [0.1, 0.15) is 44.1 Å². The zero-order valence-corrected chi connectivity index (χ0v) is 14.3. The smallest absolute Gasteiger partial charge is 0.230 e. The van der Waals surface area contributed by atoms with Crippen LogP contribution in [0.4, 0.5) is 5.69 Å². The Morgan fingerprint density at radius 2 is 2.17 bits per heavy atom. The van der Waals surface area contributed by atoms with Gasteiger partial charge in [-0.25, -0.2) is 0 Å². The average molecular weight is 329 g/mol. The van der Waals surface area contributed by atoms with Crippen LogP contribution in [-0.2, 0) is 9.59 Å². The van der Waals surface area contributed by atoms with Crippen LogP contribution in [0.5, 0.6) is 0 Å². The summed E-state index contributed by atoms with van der Waals surface area (Å²) in [5, 5.41) is 6.13. The Morgan fingerprint density at radius 3 is 2.79 bits per heavy atom. The number of para-hydroxylation sites is 1. The van der Waals surface area contributed by atoms with Crippen molar-refractivity contribution in [3.05, 3.63) is 29.8 Å². The average Bonchev–Trinajstić information content (AvgIpc) is 3.31. The van der Waals surface area contributed by atoms with Crippen molar-refractivity contribution in [2.24, 2.45) is 5.92 Å². The minimum atomic E-state index is -0.191. The van der Waals surface area contributed by atoms with Crippen LogP contribution >= 0.6 is 0 Å². The summed E-state index contributed by atoms with van der Waals surface area (Å²) in [5.74, 6) is 0.589. The Balaban J connectivity index is 1.80. The van der Waals surface area contributed by atoms with Gasteiger partial charge < -0.3 is 15.5 Å². The van der Waals surface area contributed by atoms with Gasteiger partial charge in [0.15, 0.2) is 0 Å². The maximum absolute atomic E-state index is 13.3. The molecule has 0 bridgehead atoms. The first-order chi connectivity index (χ1) is 11.7. The lowest BCUT2D eigenvalue weighted by atomic mass is 9.92. The SMILES string of the molecule is CCC(C(=O)N(CC1CCNC1)C1CC1)c1ccccc1NC=O. The van der Waals surface area contributed by atoms with E-state index in [1.807, 2.05) is 31.2 Å². The molecule has 1 aliphatic heterocycles. The number of amides is 2. The first-order valence-electron chi connectivity index (χ1n) is 9.04. The van der Waals surface area contributed by atoms with E-state index >= 15 is 0 Å². The number of nitrogens with one attached hydrogen (secondary N) is 2. The summed E-state index contributed by atoms with van der Waals surface area (Å²) in [6.07, 6.45) is 4.81. The van der Waals surface area contributed by atoms with Gasteiger partial charge in [-0.3, -0.25) is 9.59 Å². The molecule has 2 atom stereocenters. The number of nitrogens with zero attached hydrogens (tertiary/aromatic N) is 1. The Hall–Kier alpha value is -1.88. The zero-order valence-electron chi connectivity index (χ0n) is 14.3. The molecule has 130 valence electrons. The number of rotatable bonds is 8. The van der Waals surface area contributed by atoms with E-state index < -0.39 is 0 Å². The fourth-order valence-corrected chi connectivity index (χ4v) is 3.68. The van der Waals surface area contributed by atoms with Crippen LogP contribution in [-0.4, -0.2) is 42.9 Å². The predicted octanol–water partition coefficient (Wildman–Crippen LogP) is 2.35. The molecule has 3 rings (SSSR count). The van der Waals surface area contributed by atoms with Crippen molar-refractivity contribution < 1.29 is 9.59 Å². The van der Waals surface area contributed by atoms with Crippen LogP contribution in [0.25, 0.3) is 0 Å². The Labute approximate surface area is 143 Å². The fourth-order valence-electron chi connectivity index (χ4n) is 3.68. The quantitative estimate of drug-likeness (QED) is 0.720. The van der Waals surface area contributed by atoms with Crippen molar-refractivity contribution in [2.45, 2.75) is 44.6 Å². The fraction of sp³-hybridized carbons (Fsp3) is 0.579. The summed E-state index contributed by atoms with van der Waals surface area (Å²) in [6, 6.07) is 8.06. The summed E-state index contributed by atoms with van der Waals surface area (Å²) in [5.41, 5.74) is 1.67. The summed E-state index contributed by atoms with van der Waals surface area (Å²) in [7, 11) is 0. The highest BCUT2D eigenvalue weighted by Crippen LogP contribution is 2.34. The van der Waals surface area contributed by atoms with Gasteiger partial charge in [-0.1, -0.05) is 25.1 Å². The number of benzene rings is 1. The summed E-state index contributed by atoms with van der Waals surface area (Å²) in [4.78, 5) is 26.3. The maximum atomic E-state index is 13.3. The molecule has 0 spiro atoms. The van der Waals surface area contributed by atoms with Crippen LogP contribution in [0, 0.1) is 5.92 Å². The second kappa shape index (κ2) is 7.79. The Bertz CT molecular complexity index is 580. The molecule has 2 amide bonds. The van der Waals surface area contributed by atoms with Crippen LogP contribution in [0.3, 0.4) is 0 Å². The summed E-state index contributed by atoms with van der Waals surface area (Å²) >= 11 is 0. The van der Waals surface area contributed by atoms with E-state index in [-0.39, 0.29) is 11.8 Å². The molecule has 1 heterocycles. The first kappa shape index (κ1) is 17.0. The number of hydrogen-bond donors (Lipinski definition) is 2.